The molecule has 2 N–H and O–H groups in total. The number of rotatable bonds is 4. The van der Waals surface area contributed by atoms with Crippen molar-refractivity contribution in [3.63, 3.8) is 0 Å². The summed E-state index contributed by atoms with van der Waals surface area (Å²) >= 11 is 5.79. The maximum Gasteiger partial charge on any atom is 0.323 e. The Morgan fingerprint density at radius 1 is 1.40 bits per heavy atom. The second-order valence-corrected chi connectivity index (χ2v) is 4.90. The Kier molecular flexibility index (Phi) is 4.81. The number of carboxylic acid groups (broad SMARTS) is 1. The summed E-state index contributed by atoms with van der Waals surface area (Å²) in [5, 5.41) is 12.2. The monoisotopic (exact) mass is 298 g/mol. The highest BCUT2D eigenvalue weighted by Crippen LogP contribution is 2.18. The van der Waals surface area contributed by atoms with E-state index in [0.29, 0.717) is 23.9 Å². The molecule has 1 aliphatic heterocycles. The van der Waals surface area contributed by atoms with Gasteiger partial charge in [-0.3, -0.25) is 9.69 Å². The van der Waals surface area contributed by atoms with Gasteiger partial charge in [0.15, 0.2) is 0 Å². The third-order valence-electron chi connectivity index (χ3n) is 2.93. The fourth-order valence-electron chi connectivity index (χ4n) is 1.94. The third kappa shape index (κ3) is 3.85. The van der Waals surface area contributed by atoms with Gasteiger partial charge in [0.25, 0.3) is 0 Å². The Bertz CT molecular complexity index is 486. The van der Waals surface area contributed by atoms with E-state index in [0.717, 1.165) is 11.3 Å². The molecule has 7 heteroatoms. The summed E-state index contributed by atoms with van der Waals surface area (Å²) in [6, 6.07) is 5.90. The van der Waals surface area contributed by atoms with Crippen LogP contribution in [-0.4, -0.2) is 42.9 Å². The number of ether oxygens (including phenoxy) is 1. The highest BCUT2D eigenvalue weighted by Gasteiger charge is 2.23. The molecule has 1 heterocycles. The molecule has 2 amide bonds. The van der Waals surface area contributed by atoms with Crippen molar-refractivity contribution >= 4 is 29.3 Å². The number of anilines is 1. The number of urea groups is 1. The van der Waals surface area contributed by atoms with Crippen LogP contribution in [0.5, 0.6) is 0 Å². The van der Waals surface area contributed by atoms with Crippen molar-refractivity contribution in [2.75, 3.05) is 24.7 Å². The van der Waals surface area contributed by atoms with E-state index in [-0.39, 0.29) is 6.04 Å². The lowest BCUT2D eigenvalue weighted by Gasteiger charge is -2.23. The van der Waals surface area contributed by atoms with Gasteiger partial charge < -0.3 is 15.2 Å². The van der Waals surface area contributed by atoms with E-state index in [2.05, 4.69) is 5.32 Å². The zero-order valence-corrected chi connectivity index (χ0v) is 11.5. The van der Waals surface area contributed by atoms with Crippen LogP contribution in [0.3, 0.4) is 0 Å². The van der Waals surface area contributed by atoms with Crippen LogP contribution >= 0.6 is 11.6 Å². The number of carbonyl (C=O) groups is 2. The Morgan fingerprint density at radius 2 is 2.10 bits per heavy atom. The van der Waals surface area contributed by atoms with E-state index in [9.17, 15) is 9.59 Å². The zero-order chi connectivity index (χ0) is 14.5. The fourth-order valence-corrected chi connectivity index (χ4v) is 2.06. The number of hydrogen-bond acceptors (Lipinski definition) is 3. The molecule has 1 aromatic carbocycles. The van der Waals surface area contributed by atoms with Crippen molar-refractivity contribution in [2.45, 2.75) is 12.5 Å². The molecule has 0 radical (unpaired) electrons. The van der Waals surface area contributed by atoms with Crippen LogP contribution in [0.2, 0.25) is 5.02 Å². The van der Waals surface area contributed by atoms with Gasteiger partial charge in [-0.25, -0.2) is 4.79 Å². The Hall–Kier alpha value is -1.79. The summed E-state index contributed by atoms with van der Waals surface area (Å²) in [5.41, 5.74) is 0.480. The largest absolute Gasteiger partial charge is 0.480 e. The van der Waals surface area contributed by atoms with Crippen LogP contribution in [-0.2, 0) is 9.53 Å². The van der Waals surface area contributed by atoms with Crippen LogP contribution in [0, 0.1) is 0 Å². The number of nitrogens with zero attached hydrogens (tertiary/aromatic N) is 1. The number of carbonyl (C=O) groups excluding carboxylic acids is 1. The van der Waals surface area contributed by atoms with E-state index in [1.807, 2.05) is 0 Å². The first kappa shape index (κ1) is 14.6. The minimum Gasteiger partial charge on any atom is -0.480 e. The molecule has 20 heavy (non-hydrogen) atoms. The number of amides is 2. The minimum atomic E-state index is -1.09. The number of carboxylic acids is 1. The first-order valence-electron chi connectivity index (χ1n) is 6.19. The lowest BCUT2D eigenvalue weighted by atomic mass is 10.2. The van der Waals surface area contributed by atoms with Crippen molar-refractivity contribution < 1.29 is 19.4 Å². The molecule has 1 aromatic rings. The molecule has 108 valence electrons. The molecule has 1 atom stereocenters. The average Bonchev–Trinajstić information content (AvgIpc) is 2.89. The van der Waals surface area contributed by atoms with Gasteiger partial charge in [-0.1, -0.05) is 11.6 Å². The maximum absolute atomic E-state index is 12.2. The normalized spacial score (nSPS) is 17.8. The summed E-state index contributed by atoms with van der Waals surface area (Å²) in [5.74, 6) is -1.09. The molecule has 1 aliphatic rings. The van der Waals surface area contributed by atoms with Gasteiger partial charge in [-0.15, -0.1) is 0 Å². The molecule has 0 saturated carbocycles. The van der Waals surface area contributed by atoms with Crippen molar-refractivity contribution in [1.82, 2.24) is 5.32 Å². The van der Waals surface area contributed by atoms with E-state index >= 15 is 0 Å². The van der Waals surface area contributed by atoms with Crippen LogP contribution in [0.15, 0.2) is 24.3 Å². The van der Waals surface area contributed by atoms with Gasteiger partial charge in [0.05, 0.1) is 12.6 Å². The fraction of sp³-hybridized carbons (Fsp3) is 0.385. The quantitative estimate of drug-likeness (QED) is 0.887. The second-order valence-electron chi connectivity index (χ2n) is 4.47. The average molecular weight is 299 g/mol. The number of aliphatic carboxylic acids is 1. The molecule has 6 nitrogen and oxygen atoms in total. The van der Waals surface area contributed by atoms with E-state index in [1.54, 1.807) is 24.3 Å². The Balaban J connectivity index is 2.11. The van der Waals surface area contributed by atoms with Crippen molar-refractivity contribution in [3.05, 3.63) is 29.3 Å². The number of hydrogen-bond donors (Lipinski definition) is 2. The summed E-state index contributed by atoms with van der Waals surface area (Å²) in [7, 11) is 0. The first-order valence-corrected chi connectivity index (χ1v) is 6.57. The Morgan fingerprint density at radius 3 is 2.65 bits per heavy atom. The third-order valence-corrected chi connectivity index (χ3v) is 3.19. The Labute approximate surface area is 121 Å². The van der Waals surface area contributed by atoms with E-state index in [1.165, 1.54) is 0 Å². The second kappa shape index (κ2) is 6.58. The summed E-state index contributed by atoms with van der Waals surface area (Å²) in [6.45, 7) is 0.638. The van der Waals surface area contributed by atoms with Crippen molar-refractivity contribution in [3.8, 4) is 0 Å². The van der Waals surface area contributed by atoms with Gasteiger partial charge in [0, 0.05) is 17.3 Å². The van der Waals surface area contributed by atoms with Gasteiger partial charge in [0.1, 0.15) is 6.54 Å². The van der Waals surface area contributed by atoms with Gasteiger partial charge in [-0.05, 0) is 30.7 Å². The molecule has 0 aliphatic carbocycles. The predicted molar refractivity (Wildman–Crippen MR) is 74.2 cm³/mol. The molecule has 0 spiro atoms. The SMILES string of the molecule is O=C(O)CN(C(=O)NC1CCOC1)c1ccc(Cl)cc1. The molecule has 0 aromatic heterocycles. The van der Waals surface area contributed by atoms with Gasteiger partial charge >= 0.3 is 12.0 Å². The molecule has 1 saturated heterocycles. The minimum absolute atomic E-state index is 0.0777. The smallest absolute Gasteiger partial charge is 0.323 e. The highest BCUT2D eigenvalue weighted by molar-refractivity contribution is 6.30. The van der Waals surface area contributed by atoms with Gasteiger partial charge in [0.2, 0.25) is 0 Å². The lowest BCUT2D eigenvalue weighted by molar-refractivity contribution is -0.135. The zero-order valence-electron chi connectivity index (χ0n) is 10.7. The molecular formula is C13H15ClN2O4. The molecule has 0 bridgehead atoms. The topological polar surface area (TPSA) is 78.9 Å². The highest BCUT2D eigenvalue weighted by atomic mass is 35.5. The molecule has 1 fully saturated rings. The van der Waals surface area contributed by atoms with Crippen LogP contribution < -0.4 is 10.2 Å². The first-order chi connectivity index (χ1) is 9.56. The van der Waals surface area contributed by atoms with Crippen LogP contribution in [0.1, 0.15) is 6.42 Å². The lowest BCUT2D eigenvalue weighted by Crippen LogP contribution is -2.47. The number of nitrogens with one attached hydrogen (secondary N) is 1. The van der Waals surface area contributed by atoms with Crippen LogP contribution in [0.4, 0.5) is 10.5 Å². The van der Waals surface area contributed by atoms with E-state index in [4.69, 9.17) is 21.4 Å². The molecule has 1 unspecified atom stereocenters. The van der Waals surface area contributed by atoms with Crippen molar-refractivity contribution in [2.24, 2.45) is 0 Å². The molecular weight excluding hydrogens is 284 g/mol. The number of halogens is 1. The predicted octanol–water partition coefficient (Wildman–Crippen LogP) is 1.73. The van der Waals surface area contributed by atoms with Crippen LogP contribution in [0.25, 0.3) is 0 Å². The maximum atomic E-state index is 12.2. The van der Waals surface area contributed by atoms with Gasteiger partial charge in [-0.2, -0.15) is 0 Å². The molecule has 2 rings (SSSR count). The summed E-state index contributed by atoms with van der Waals surface area (Å²) in [4.78, 5) is 24.3. The summed E-state index contributed by atoms with van der Waals surface area (Å²) < 4.78 is 5.17. The summed E-state index contributed by atoms with van der Waals surface area (Å²) in [6.07, 6.45) is 0.729. The number of benzene rings is 1. The standard InChI is InChI=1S/C13H15ClN2O4/c14-9-1-3-11(4-2-9)16(7-12(17)18)13(19)15-10-5-6-20-8-10/h1-4,10H,5-8H2,(H,15,19)(H,17,18). The van der Waals surface area contributed by atoms with E-state index < -0.39 is 18.5 Å². The van der Waals surface area contributed by atoms with Crippen molar-refractivity contribution in [1.29, 1.82) is 0 Å².